The number of fused-ring (bicyclic) bond motifs is 1. The predicted molar refractivity (Wildman–Crippen MR) is 96.0 cm³/mol. The lowest BCUT2D eigenvalue weighted by Gasteiger charge is -2.38. The van der Waals surface area contributed by atoms with E-state index in [4.69, 9.17) is 4.98 Å². The number of carbonyl (C=O) groups is 1. The van der Waals surface area contributed by atoms with Crippen molar-refractivity contribution in [2.45, 2.75) is 51.0 Å². The van der Waals surface area contributed by atoms with E-state index in [0.717, 1.165) is 42.6 Å². The van der Waals surface area contributed by atoms with Gasteiger partial charge in [-0.1, -0.05) is 31.4 Å². The van der Waals surface area contributed by atoms with Crippen molar-refractivity contribution in [3.8, 4) is 0 Å². The number of likely N-dealkylation sites (tertiary alicyclic amines) is 1. The molecule has 1 amide bonds. The highest BCUT2D eigenvalue weighted by Crippen LogP contribution is 2.42. The molecule has 0 radical (unpaired) electrons. The van der Waals surface area contributed by atoms with E-state index in [1.165, 1.54) is 11.1 Å². The number of amides is 1. The van der Waals surface area contributed by atoms with Crippen LogP contribution in [-0.4, -0.2) is 40.1 Å². The van der Waals surface area contributed by atoms with Crippen molar-refractivity contribution in [1.82, 2.24) is 9.88 Å². The number of rotatable bonds is 3. The van der Waals surface area contributed by atoms with E-state index in [-0.39, 0.29) is 17.4 Å². The van der Waals surface area contributed by atoms with Gasteiger partial charge in [-0.2, -0.15) is 0 Å². The maximum atomic E-state index is 13.3. The van der Waals surface area contributed by atoms with E-state index in [9.17, 15) is 9.90 Å². The van der Waals surface area contributed by atoms with Gasteiger partial charge in [0.05, 0.1) is 26.7 Å². The minimum Gasteiger partial charge on any atom is -0.391 e. The second kappa shape index (κ2) is 6.45. The minimum absolute atomic E-state index is 0.248. The first kappa shape index (κ1) is 16.0. The molecule has 4 nitrogen and oxygen atoms in total. The topological polar surface area (TPSA) is 53.4 Å². The summed E-state index contributed by atoms with van der Waals surface area (Å²) >= 11 is 1.72. The van der Waals surface area contributed by atoms with E-state index >= 15 is 0 Å². The molecular weight excluding hydrogens is 320 g/mol. The maximum absolute atomic E-state index is 13.3. The molecule has 2 aliphatic rings. The second-order valence-electron chi connectivity index (χ2n) is 7.29. The summed E-state index contributed by atoms with van der Waals surface area (Å²) in [5, 5.41) is 10.9. The van der Waals surface area contributed by atoms with Gasteiger partial charge in [0.25, 0.3) is 0 Å². The van der Waals surface area contributed by atoms with Gasteiger partial charge in [0.2, 0.25) is 5.91 Å². The fraction of sp³-hybridized carbons (Fsp3) is 0.579. The van der Waals surface area contributed by atoms with Crippen molar-refractivity contribution in [3.63, 3.8) is 0 Å². The van der Waals surface area contributed by atoms with Crippen LogP contribution < -0.4 is 0 Å². The van der Waals surface area contributed by atoms with Crippen LogP contribution >= 0.6 is 11.3 Å². The summed E-state index contributed by atoms with van der Waals surface area (Å²) in [4.78, 5) is 19.9. The van der Waals surface area contributed by atoms with Gasteiger partial charge in [0.15, 0.2) is 0 Å². The molecule has 2 aromatic rings. The van der Waals surface area contributed by atoms with Gasteiger partial charge in [-0.15, -0.1) is 11.3 Å². The molecule has 0 bridgehead atoms. The van der Waals surface area contributed by atoms with Crippen molar-refractivity contribution < 1.29 is 9.90 Å². The van der Waals surface area contributed by atoms with E-state index in [0.29, 0.717) is 19.5 Å². The van der Waals surface area contributed by atoms with Gasteiger partial charge < -0.3 is 10.0 Å². The maximum Gasteiger partial charge on any atom is 0.229 e. The molecule has 1 aromatic carbocycles. The first-order valence-corrected chi connectivity index (χ1v) is 9.80. The van der Waals surface area contributed by atoms with E-state index in [1.807, 2.05) is 23.1 Å². The van der Waals surface area contributed by atoms with Crippen molar-refractivity contribution in [2.24, 2.45) is 5.41 Å². The molecule has 1 saturated carbocycles. The zero-order valence-electron chi connectivity index (χ0n) is 13.9. The van der Waals surface area contributed by atoms with Crippen LogP contribution in [0.3, 0.4) is 0 Å². The molecule has 0 unspecified atom stereocenters. The number of carbonyl (C=O) groups excluding carboxylic acids is 1. The van der Waals surface area contributed by atoms with E-state index in [1.54, 1.807) is 11.3 Å². The monoisotopic (exact) mass is 344 g/mol. The molecule has 1 aromatic heterocycles. The summed E-state index contributed by atoms with van der Waals surface area (Å²) in [6.07, 6.45) is 6.47. The molecule has 0 spiro atoms. The first-order chi connectivity index (χ1) is 11.7. The number of aliphatic hydroxyl groups excluding tert-OH is 1. The average Bonchev–Trinajstić information content (AvgIpc) is 3.20. The molecule has 2 heterocycles. The highest BCUT2D eigenvalue weighted by atomic mass is 32.1. The van der Waals surface area contributed by atoms with Crippen molar-refractivity contribution in [1.29, 1.82) is 0 Å². The molecule has 2 fully saturated rings. The largest absolute Gasteiger partial charge is 0.391 e. The van der Waals surface area contributed by atoms with Crippen molar-refractivity contribution >= 4 is 27.5 Å². The molecule has 4 rings (SSSR count). The third-order valence-corrected chi connectivity index (χ3v) is 6.58. The van der Waals surface area contributed by atoms with Gasteiger partial charge in [0, 0.05) is 19.5 Å². The molecule has 1 atom stereocenters. The SMILES string of the molecule is O=C(N1CC[C@H](O)C1)C1(Cc2nc3ccccc3s2)CCCCC1. The Kier molecular flexibility index (Phi) is 4.31. The molecule has 1 aliphatic heterocycles. The average molecular weight is 344 g/mol. The molecular formula is C19H24N2O2S. The Morgan fingerprint density at radius 2 is 2.08 bits per heavy atom. The quantitative estimate of drug-likeness (QED) is 0.929. The number of para-hydroxylation sites is 1. The predicted octanol–water partition coefficient (Wildman–Crippen LogP) is 3.38. The minimum atomic E-state index is -0.350. The molecule has 128 valence electrons. The van der Waals surface area contributed by atoms with E-state index in [2.05, 4.69) is 6.07 Å². The van der Waals surface area contributed by atoms with Gasteiger partial charge in [-0.3, -0.25) is 4.79 Å². The lowest BCUT2D eigenvalue weighted by molar-refractivity contribution is -0.143. The second-order valence-corrected chi connectivity index (χ2v) is 8.40. The van der Waals surface area contributed by atoms with Crippen LogP contribution in [0.2, 0.25) is 0 Å². The summed E-state index contributed by atoms with van der Waals surface area (Å²) in [6, 6.07) is 8.20. The highest BCUT2D eigenvalue weighted by Gasteiger charge is 2.44. The van der Waals surface area contributed by atoms with E-state index < -0.39 is 0 Å². The number of thiazole rings is 1. The van der Waals surface area contributed by atoms with Crippen LogP contribution in [0.5, 0.6) is 0 Å². The Morgan fingerprint density at radius 1 is 1.29 bits per heavy atom. The number of aliphatic hydroxyl groups is 1. The van der Waals surface area contributed by atoms with Crippen LogP contribution in [0.25, 0.3) is 10.2 Å². The summed E-state index contributed by atoms with van der Waals surface area (Å²) in [5.74, 6) is 0.248. The molecule has 1 N–H and O–H groups in total. The lowest BCUT2D eigenvalue weighted by Crippen LogP contribution is -2.45. The molecule has 24 heavy (non-hydrogen) atoms. The first-order valence-electron chi connectivity index (χ1n) is 8.98. The number of hydrogen-bond acceptors (Lipinski definition) is 4. The van der Waals surface area contributed by atoms with Crippen LogP contribution in [-0.2, 0) is 11.2 Å². The Morgan fingerprint density at radius 3 is 2.79 bits per heavy atom. The van der Waals surface area contributed by atoms with Gasteiger partial charge in [0.1, 0.15) is 0 Å². The number of aromatic nitrogens is 1. The lowest BCUT2D eigenvalue weighted by atomic mass is 9.71. The number of benzene rings is 1. The smallest absolute Gasteiger partial charge is 0.229 e. The Hall–Kier alpha value is -1.46. The Balaban J connectivity index is 1.62. The molecule has 1 aliphatic carbocycles. The summed E-state index contributed by atoms with van der Waals surface area (Å²) < 4.78 is 1.20. The fourth-order valence-electron chi connectivity index (χ4n) is 4.24. The van der Waals surface area contributed by atoms with Gasteiger partial charge in [-0.25, -0.2) is 4.98 Å². The zero-order valence-corrected chi connectivity index (χ0v) is 14.7. The van der Waals surface area contributed by atoms with Crippen molar-refractivity contribution in [2.75, 3.05) is 13.1 Å². The Bertz CT molecular complexity index is 703. The van der Waals surface area contributed by atoms with Crippen LogP contribution in [0.4, 0.5) is 0 Å². The van der Waals surface area contributed by atoms with Crippen LogP contribution in [0, 0.1) is 5.41 Å². The van der Waals surface area contributed by atoms with Gasteiger partial charge in [-0.05, 0) is 31.4 Å². The normalized spacial score (nSPS) is 23.7. The summed E-state index contributed by atoms with van der Waals surface area (Å²) in [5.41, 5.74) is 0.725. The van der Waals surface area contributed by atoms with Crippen LogP contribution in [0.1, 0.15) is 43.5 Å². The standard InChI is InChI=1S/C19H24N2O2S/c22-14-8-11-21(13-14)18(23)19(9-4-1-5-10-19)12-17-20-15-6-2-3-7-16(15)24-17/h2-3,6-7,14,22H,1,4-5,8-13H2/t14-/m0/s1. The third kappa shape index (κ3) is 2.95. The number of β-amino-alcohol motifs (C(OH)–C–C–N with tert-alkyl or cyclic N) is 1. The van der Waals surface area contributed by atoms with Crippen LogP contribution in [0.15, 0.2) is 24.3 Å². The molecule has 5 heteroatoms. The fourth-order valence-corrected chi connectivity index (χ4v) is 5.35. The van der Waals surface area contributed by atoms with Gasteiger partial charge >= 0.3 is 0 Å². The summed E-state index contributed by atoms with van der Waals surface area (Å²) in [7, 11) is 0. The number of nitrogens with zero attached hydrogens (tertiary/aromatic N) is 2. The third-order valence-electron chi connectivity index (χ3n) is 5.54. The summed E-state index contributed by atoms with van der Waals surface area (Å²) in [6.45, 7) is 1.20. The number of hydrogen-bond donors (Lipinski definition) is 1. The molecule has 1 saturated heterocycles. The van der Waals surface area contributed by atoms with Crippen molar-refractivity contribution in [3.05, 3.63) is 29.3 Å². The highest BCUT2D eigenvalue weighted by molar-refractivity contribution is 7.18. The zero-order chi connectivity index (χ0) is 16.6. The Labute approximate surface area is 146 Å².